The van der Waals surface area contributed by atoms with Gasteiger partial charge in [-0.15, -0.1) is 11.6 Å². The van der Waals surface area contributed by atoms with Gasteiger partial charge in [0, 0.05) is 21.1 Å². The van der Waals surface area contributed by atoms with E-state index in [0.29, 0.717) is 32.1 Å². The van der Waals surface area contributed by atoms with E-state index in [1.807, 2.05) is 0 Å². The van der Waals surface area contributed by atoms with Gasteiger partial charge in [-0.2, -0.15) is 0 Å². The third kappa shape index (κ3) is 3.44. The second kappa shape index (κ2) is 6.86. The summed E-state index contributed by atoms with van der Waals surface area (Å²) in [5.74, 6) is 0.571. The van der Waals surface area contributed by atoms with Crippen LogP contribution in [0.15, 0.2) is 34.8 Å². The van der Waals surface area contributed by atoms with Crippen LogP contribution in [-0.4, -0.2) is 14.2 Å². The van der Waals surface area contributed by atoms with E-state index in [4.69, 9.17) is 32.7 Å². The molecule has 0 aliphatic carbocycles. The van der Waals surface area contributed by atoms with Crippen LogP contribution in [0.2, 0.25) is 5.02 Å². The van der Waals surface area contributed by atoms with E-state index in [-0.39, 0.29) is 0 Å². The number of benzene rings is 2. The van der Waals surface area contributed by atoms with Crippen LogP contribution >= 0.6 is 39.1 Å². The maximum absolute atomic E-state index is 14.0. The molecule has 0 saturated carbocycles. The van der Waals surface area contributed by atoms with Crippen molar-refractivity contribution in [2.24, 2.45) is 0 Å². The van der Waals surface area contributed by atoms with Gasteiger partial charge in [0.1, 0.15) is 5.82 Å². The standard InChI is InChI=1S/C15H12BrCl2FO2/c1-20-13-6-10(11(17)7-14(13)21-2)15(18)9-4-3-8(16)5-12(9)19/h3-7,15H,1-2H3. The number of methoxy groups -OCH3 is 2. The fourth-order valence-electron chi connectivity index (χ4n) is 1.94. The molecule has 0 amide bonds. The van der Waals surface area contributed by atoms with Gasteiger partial charge in [0.05, 0.1) is 19.6 Å². The van der Waals surface area contributed by atoms with Gasteiger partial charge in [-0.25, -0.2) is 4.39 Å². The lowest BCUT2D eigenvalue weighted by molar-refractivity contribution is 0.354. The number of rotatable bonds is 4. The molecule has 1 unspecified atom stereocenters. The third-order valence-electron chi connectivity index (χ3n) is 3.01. The number of hydrogen-bond acceptors (Lipinski definition) is 2. The summed E-state index contributed by atoms with van der Waals surface area (Å²) in [6.45, 7) is 0. The first-order valence-electron chi connectivity index (χ1n) is 5.98. The van der Waals surface area contributed by atoms with Crippen molar-refractivity contribution >= 4 is 39.1 Å². The Morgan fingerprint density at radius 2 is 1.67 bits per heavy atom. The molecule has 0 heterocycles. The summed E-state index contributed by atoms with van der Waals surface area (Å²) in [5, 5.41) is -0.347. The molecule has 0 aromatic heterocycles. The summed E-state index contributed by atoms with van der Waals surface area (Å²) >= 11 is 15.8. The van der Waals surface area contributed by atoms with Crippen molar-refractivity contribution in [2.75, 3.05) is 14.2 Å². The molecule has 0 aliphatic rings. The van der Waals surface area contributed by atoms with Crippen molar-refractivity contribution in [1.29, 1.82) is 0 Å². The number of hydrogen-bond donors (Lipinski definition) is 0. The van der Waals surface area contributed by atoms with Gasteiger partial charge >= 0.3 is 0 Å². The van der Waals surface area contributed by atoms with E-state index in [9.17, 15) is 4.39 Å². The molecule has 21 heavy (non-hydrogen) atoms. The lowest BCUT2D eigenvalue weighted by Gasteiger charge is -2.16. The zero-order valence-electron chi connectivity index (χ0n) is 11.3. The molecule has 1 atom stereocenters. The molecule has 0 radical (unpaired) electrons. The second-order valence-corrected chi connectivity index (χ2v) is 6.02. The van der Waals surface area contributed by atoms with Gasteiger partial charge in [0.25, 0.3) is 0 Å². The molecule has 2 rings (SSSR count). The summed E-state index contributed by atoms with van der Waals surface area (Å²) in [6, 6.07) is 7.95. The van der Waals surface area contributed by atoms with Crippen LogP contribution in [0, 0.1) is 5.82 Å². The Hall–Kier alpha value is -0.970. The van der Waals surface area contributed by atoms with Crippen LogP contribution in [-0.2, 0) is 0 Å². The highest BCUT2D eigenvalue weighted by Gasteiger charge is 2.21. The van der Waals surface area contributed by atoms with Crippen LogP contribution in [0.4, 0.5) is 4.39 Å². The minimum atomic E-state index is -0.731. The first kappa shape index (κ1) is 16.4. The number of alkyl halides is 1. The zero-order chi connectivity index (χ0) is 15.6. The zero-order valence-corrected chi connectivity index (χ0v) is 14.4. The predicted octanol–water partition coefficient (Wildman–Crippen LogP) is 5.59. The summed E-state index contributed by atoms with van der Waals surface area (Å²) in [5.41, 5.74) is 0.895. The SMILES string of the molecule is COc1cc(Cl)c(C(Cl)c2ccc(Br)cc2F)cc1OC. The Balaban J connectivity index is 2.50. The topological polar surface area (TPSA) is 18.5 Å². The maximum Gasteiger partial charge on any atom is 0.162 e. The largest absolute Gasteiger partial charge is 0.493 e. The number of ether oxygens (including phenoxy) is 2. The van der Waals surface area contributed by atoms with Crippen molar-refractivity contribution in [1.82, 2.24) is 0 Å². The normalized spacial score (nSPS) is 12.1. The van der Waals surface area contributed by atoms with Gasteiger partial charge in [-0.1, -0.05) is 33.6 Å². The monoisotopic (exact) mass is 392 g/mol. The first-order chi connectivity index (χ1) is 9.97. The molecule has 0 saturated heterocycles. The Kier molecular flexibility index (Phi) is 5.36. The van der Waals surface area contributed by atoms with Crippen molar-refractivity contribution < 1.29 is 13.9 Å². The molecule has 2 aromatic carbocycles. The van der Waals surface area contributed by atoms with Crippen molar-refractivity contribution in [3.63, 3.8) is 0 Å². The molecule has 0 N–H and O–H groups in total. The molecule has 0 fully saturated rings. The molecular formula is C15H12BrCl2FO2. The highest BCUT2D eigenvalue weighted by Crippen LogP contribution is 2.41. The minimum Gasteiger partial charge on any atom is -0.493 e. The third-order valence-corrected chi connectivity index (χ3v) is 4.30. The van der Waals surface area contributed by atoms with Gasteiger partial charge in [0.15, 0.2) is 11.5 Å². The van der Waals surface area contributed by atoms with E-state index in [0.717, 1.165) is 0 Å². The van der Waals surface area contributed by atoms with E-state index in [2.05, 4.69) is 15.9 Å². The fourth-order valence-corrected chi connectivity index (χ4v) is 2.95. The predicted molar refractivity (Wildman–Crippen MR) is 86.4 cm³/mol. The van der Waals surface area contributed by atoms with Crippen LogP contribution < -0.4 is 9.47 Å². The molecule has 6 heteroatoms. The van der Waals surface area contributed by atoms with Crippen LogP contribution in [0.5, 0.6) is 11.5 Å². The molecule has 2 aromatic rings. The Morgan fingerprint density at radius 1 is 1.05 bits per heavy atom. The van der Waals surface area contributed by atoms with Crippen molar-refractivity contribution in [3.05, 3.63) is 56.8 Å². The Morgan fingerprint density at radius 3 is 2.24 bits per heavy atom. The summed E-state index contributed by atoms with van der Waals surface area (Å²) in [7, 11) is 3.03. The molecule has 112 valence electrons. The molecule has 2 nitrogen and oxygen atoms in total. The summed E-state index contributed by atoms with van der Waals surface area (Å²) in [4.78, 5) is 0. The van der Waals surface area contributed by atoms with Gasteiger partial charge in [-0.05, 0) is 23.8 Å². The Bertz CT molecular complexity index is 664. The van der Waals surface area contributed by atoms with Gasteiger partial charge in [-0.3, -0.25) is 0 Å². The van der Waals surface area contributed by atoms with Crippen LogP contribution in [0.1, 0.15) is 16.5 Å². The smallest absolute Gasteiger partial charge is 0.162 e. The van der Waals surface area contributed by atoms with Crippen LogP contribution in [0.3, 0.4) is 0 Å². The summed E-state index contributed by atoms with van der Waals surface area (Å²) in [6.07, 6.45) is 0. The minimum absolute atomic E-state index is 0.342. The quantitative estimate of drug-likeness (QED) is 0.630. The molecule has 0 spiro atoms. The number of halogens is 4. The lowest BCUT2D eigenvalue weighted by Crippen LogP contribution is -2.00. The second-order valence-electron chi connectivity index (χ2n) is 4.26. The highest BCUT2D eigenvalue weighted by atomic mass is 79.9. The van der Waals surface area contributed by atoms with E-state index >= 15 is 0 Å². The van der Waals surface area contributed by atoms with Crippen molar-refractivity contribution in [2.45, 2.75) is 5.38 Å². The van der Waals surface area contributed by atoms with Crippen LogP contribution in [0.25, 0.3) is 0 Å². The van der Waals surface area contributed by atoms with Crippen molar-refractivity contribution in [3.8, 4) is 11.5 Å². The molecule has 0 aliphatic heterocycles. The van der Waals surface area contributed by atoms with E-state index in [1.54, 1.807) is 24.3 Å². The summed E-state index contributed by atoms with van der Waals surface area (Å²) < 4.78 is 25.1. The Labute approximate surface area is 140 Å². The van der Waals surface area contributed by atoms with Gasteiger partial charge in [0.2, 0.25) is 0 Å². The first-order valence-corrected chi connectivity index (χ1v) is 7.59. The van der Waals surface area contributed by atoms with Gasteiger partial charge < -0.3 is 9.47 Å². The fraction of sp³-hybridized carbons (Fsp3) is 0.200. The van der Waals surface area contributed by atoms with E-state index < -0.39 is 11.2 Å². The maximum atomic E-state index is 14.0. The lowest BCUT2D eigenvalue weighted by atomic mass is 10.0. The van der Waals surface area contributed by atoms with E-state index in [1.165, 1.54) is 20.3 Å². The molecular weight excluding hydrogens is 382 g/mol. The average molecular weight is 394 g/mol. The highest BCUT2D eigenvalue weighted by molar-refractivity contribution is 9.10. The average Bonchev–Trinajstić information content (AvgIpc) is 2.46. The molecule has 0 bridgehead atoms.